The van der Waals surface area contributed by atoms with Crippen LogP contribution in [0.2, 0.25) is 0 Å². The van der Waals surface area contributed by atoms with Crippen LogP contribution < -0.4 is 5.73 Å². The number of benzene rings is 2. The van der Waals surface area contributed by atoms with Gasteiger partial charge in [-0.05, 0) is 60.5 Å². The van der Waals surface area contributed by atoms with Gasteiger partial charge in [-0.3, -0.25) is 0 Å². The largest absolute Gasteiger partial charge is 0.365 e. The van der Waals surface area contributed by atoms with Gasteiger partial charge in [-0.25, -0.2) is 4.31 Å². The molecule has 3 saturated heterocycles. The van der Waals surface area contributed by atoms with Gasteiger partial charge in [-0.2, -0.15) is 0 Å². The van der Waals surface area contributed by atoms with E-state index in [-0.39, 0.29) is 22.3 Å². The molecule has 4 bridgehead atoms. The second-order valence-corrected chi connectivity index (χ2v) is 13.8. The van der Waals surface area contributed by atoms with Crippen LogP contribution in [0.1, 0.15) is 63.5 Å². The number of hydrogen-bond donors (Lipinski definition) is 1. The fourth-order valence-electron chi connectivity index (χ4n) is 7.91. The average Bonchev–Trinajstić information content (AvgIpc) is 2.85. The van der Waals surface area contributed by atoms with Crippen molar-refractivity contribution in [3.8, 4) is 0 Å². The van der Waals surface area contributed by atoms with Crippen LogP contribution in [0.3, 0.4) is 0 Å². The number of thiocarbonyl (C=S) groups is 1. The lowest BCUT2D eigenvalue weighted by Crippen LogP contribution is -2.68. The second-order valence-electron chi connectivity index (χ2n) is 12.5. The highest BCUT2D eigenvalue weighted by molar-refractivity contribution is 7.96. The number of likely N-dealkylation sites (tertiary alicyclic amines) is 1. The van der Waals surface area contributed by atoms with Crippen molar-refractivity contribution in [2.75, 3.05) is 13.1 Å². The van der Waals surface area contributed by atoms with Gasteiger partial charge >= 0.3 is 0 Å². The Morgan fingerprint density at radius 3 is 2.23 bits per heavy atom. The van der Waals surface area contributed by atoms with Crippen molar-refractivity contribution in [2.45, 2.75) is 81.7 Å². The maximum Gasteiger partial charge on any atom is 0.0843 e. The molecule has 5 heteroatoms. The van der Waals surface area contributed by atoms with Gasteiger partial charge in [0.15, 0.2) is 0 Å². The molecule has 3 atom stereocenters. The van der Waals surface area contributed by atoms with Crippen molar-refractivity contribution < 1.29 is 0 Å². The molecule has 3 aliphatic heterocycles. The Hall–Kier alpha value is -1.40. The van der Waals surface area contributed by atoms with Gasteiger partial charge in [-0.1, -0.05) is 98.7 Å². The Morgan fingerprint density at radius 2 is 1.60 bits per heavy atom. The molecular formula is C30H39N3S2. The van der Waals surface area contributed by atoms with Crippen LogP contribution in [-0.4, -0.2) is 45.4 Å². The molecule has 0 radical (unpaired) electrons. The standard InChI is InChI=1S/C30H39N3S2/c1-28(2)21-32(14-13-26(28)31)27(34)30-17-24-15-29(20-30,23-11-7-4-8-12-23)16-25(18-30)33(24)35-19-22-9-5-3-6-10-22/h3-12,24-26H,13-21,31H2,1-2H3/t24?,25?,26-,29?,30?/m0/s1. The molecule has 35 heavy (non-hydrogen) atoms. The van der Waals surface area contributed by atoms with Gasteiger partial charge in [-0.15, -0.1) is 0 Å². The van der Waals surface area contributed by atoms with Crippen LogP contribution in [0.25, 0.3) is 0 Å². The minimum absolute atomic E-state index is 0.110. The first kappa shape index (κ1) is 24.0. The van der Waals surface area contributed by atoms with E-state index in [4.69, 9.17) is 18.0 Å². The maximum atomic E-state index is 6.50. The lowest BCUT2D eigenvalue weighted by molar-refractivity contribution is -0.0536. The highest BCUT2D eigenvalue weighted by Crippen LogP contribution is 2.64. The third-order valence-electron chi connectivity index (χ3n) is 9.56. The van der Waals surface area contributed by atoms with Crippen LogP contribution in [-0.2, 0) is 11.2 Å². The number of piperidine rings is 3. The Morgan fingerprint density at radius 1 is 0.971 bits per heavy atom. The van der Waals surface area contributed by atoms with E-state index in [1.165, 1.54) is 48.2 Å². The average molecular weight is 506 g/mol. The molecule has 2 aliphatic carbocycles. The van der Waals surface area contributed by atoms with Gasteiger partial charge in [0.05, 0.1) is 4.99 Å². The van der Waals surface area contributed by atoms with E-state index in [0.29, 0.717) is 12.1 Å². The highest BCUT2D eigenvalue weighted by atomic mass is 32.2. The predicted molar refractivity (Wildman–Crippen MR) is 151 cm³/mol. The van der Waals surface area contributed by atoms with Crippen molar-refractivity contribution in [1.82, 2.24) is 9.21 Å². The molecule has 3 heterocycles. The Bertz CT molecular complexity index is 1050. The lowest BCUT2D eigenvalue weighted by Gasteiger charge is -2.66. The van der Waals surface area contributed by atoms with Crippen molar-refractivity contribution in [1.29, 1.82) is 0 Å². The van der Waals surface area contributed by atoms with Gasteiger partial charge in [0.2, 0.25) is 0 Å². The van der Waals surface area contributed by atoms with E-state index in [1.807, 2.05) is 0 Å². The lowest BCUT2D eigenvalue weighted by atomic mass is 9.48. The normalized spacial score (nSPS) is 35.9. The third kappa shape index (κ3) is 4.17. The zero-order valence-corrected chi connectivity index (χ0v) is 22.8. The van der Waals surface area contributed by atoms with E-state index in [2.05, 4.69) is 95.7 Å². The van der Waals surface area contributed by atoms with Crippen molar-refractivity contribution in [2.24, 2.45) is 16.6 Å². The Labute approximate surface area is 221 Å². The number of rotatable bonds is 5. The number of hydrogen-bond acceptors (Lipinski definition) is 4. The summed E-state index contributed by atoms with van der Waals surface area (Å²) in [4.78, 5) is 3.81. The zero-order chi connectivity index (χ0) is 24.3. The first-order chi connectivity index (χ1) is 16.8. The van der Waals surface area contributed by atoms with E-state index in [9.17, 15) is 0 Å². The predicted octanol–water partition coefficient (Wildman–Crippen LogP) is 6.18. The fraction of sp³-hybridized carbons (Fsp3) is 0.567. The van der Waals surface area contributed by atoms with Crippen molar-refractivity contribution in [3.63, 3.8) is 0 Å². The van der Waals surface area contributed by atoms with Crippen LogP contribution in [0.15, 0.2) is 60.7 Å². The zero-order valence-electron chi connectivity index (χ0n) is 21.2. The Balaban J connectivity index is 1.30. The SMILES string of the molecule is CC1(C)CN(C(=S)C23CC4CC(c5ccccc5)(CC(C2)N4SCc2ccccc2)C3)CC[C@@H]1N. The summed E-state index contributed by atoms with van der Waals surface area (Å²) in [6, 6.07) is 23.8. The molecular weight excluding hydrogens is 466 g/mol. The number of nitrogens with zero attached hydrogens (tertiary/aromatic N) is 2. The molecule has 0 spiro atoms. The molecule has 186 valence electrons. The van der Waals surface area contributed by atoms with Crippen molar-refractivity contribution >= 4 is 29.2 Å². The van der Waals surface area contributed by atoms with E-state index in [1.54, 1.807) is 0 Å². The number of nitrogens with two attached hydrogens (primary N) is 1. The first-order valence-corrected chi connectivity index (χ1v) is 14.7. The molecule has 2 N–H and O–H groups in total. The minimum atomic E-state index is 0.110. The quantitative estimate of drug-likeness (QED) is 0.388. The molecule has 5 fully saturated rings. The minimum Gasteiger partial charge on any atom is -0.365 e. The van der Waals surface area contributed by atoms with Gasteiger partial charge in [0.25, 0.3) is 0 Å². The molecule has 7 rings (SSSR count). The summed E-state index contributed by atoms with van der Waals surface area (Å²) in [5, 5.41) is 0. The summed E-state index contributed by atoms with van der Waals surface area (Å²) >= 11 is 8.51. The van der Waals surface area contributed by atoms with Crippen LogP contribution in [0.4, 0.5) is 0 Å². The summed E-state index contributed by atoms with van der Waals surface area (Å²) in [6.07, 6.45) is 7.20. The summed E-state index contributed by atoms with van der Waals surface area (Å²) in [7, 11) is 0. The fourth-order valence-corrected chi connectivity index (χ4v) is 9.51. The van der Waals surface area contributed by atoms with Crippen LogP contribution >= 0.6 is 24.2 Å². The van der Waals surface area contributed by atoms with Crippen molar-refractivity contribution in [3.05, 3.63) is 71.8 Å². The smallest absolute Gasteiger partial charge is 0.0843 e. The third-order valence-corrected chi connectivity index (χ3v) is 11.6. The van der Waals surface area contributed by atoms with E-state index >= 15 is 0 Å². The molecule has 0 aromatic heterocycles. The van der Waals surface area contributed by atoms with E-state index < -0.39 is 0 Å². The van der Waals surface area contributed by atoms with Crippen LogP contribution in [0, 0.1) is 10.8 Å². The summed E-state index contributed by atoms with van der Waals surface area (Å²) in [6.45, 7) is 6.65. The molecule has 2 saturated carbocycles. The molecule has 2 aromatic rings. The van der Waals surface area contributed by atoms with Crippen LogP contribution in [0.5, 0.6) is 0 Å². The maximum absolute atomic E-state index is 6.50. The topological polar surface area (TPSA) is 32.5 Å². The molecule has 2 aromatic carbocycles. The van der Waals surface area contributed by atoms with Gasteiger partial charge < -0.3 is 10.6 Å². The van der Waals surface area contributed by atoms with Gasteiger partial charge in [0, 0.05) is 42.4 Å². The summed E-state index contributed by atoms with van der Waals surface area (Å²) < 4.78 is 2.80. The summed E-state index contributed by atoms with van der Waals surface area (Å²) in [5.74, 6) is 1.06. The Kier molecular flexibility index (Phi) is 6.07. The second kappa shape index (κ2) is 8.86. The molecule has 5 aliphatic rings. The highest BCUT2D eigenvalue weighted by Gasteiger charge is 2.63. The molecule has 0 amide bonds. The first-order valence-electron chi connectivity index (χ1n) is 13.4. The molecule has 2 unspecified atom stereocenters. The summed E-state index contributed by atoms with van der Waals surface area (Å²) in [5.41, 5.74) is 9.95. The van der Waals surface area contributed by atoms with E-state index in [0.717, 1.165) is 25.3 Å². The monoisotopic (exact) mass is 505 g/mol. The molecule has 3 nitrogen and oxygen atoms in total. The van der Waals surface area contributed by atoms with Gasteiger partial charge in [0.1, 0.15) is 0 Å².